The molecule has 3 aromatic rings. The van der Waals surface area contributed by atoms with Gasteiger partial charge in [-0.05, 0) is 33.6 Å². The smallest absolute Gasteiger partial charge is 0.167 e. The number of H-pyrrole nitrogens is 1. The van der Waals surface area contributed by atoms with Gasteiger partial charge in [0.05, 0.1) is 5.69 Å². The number of nitrogens with two attached hydrogens (primary N) is 2. The monoisotopic (exact) mass is 318 g/mol. The van der Waals surface area contributed by atoms with Gasteiger partial charge in [0, 0.05) is 24.2 Å². The second-order valence-corrected chi connectivity index (χ2v) is 4.87. The first-order valence-corrected chi connectivity index (χ1v) is 6.43. The van der Waals surface area contributed by atoms with Gasteiger partial charge in [0.1, 0.15) is 10.3 Å². The molecule has 0 aliphatic carbocycles. The zero-order valence-corrected chi connectivity index (χ0v) is 11.5. The third-order valence-corrected chi connectivity index (χ3v) is 3.50. The maximum absolute atomic E-state index is 5.69. The van der Waals surface area contributed by atoms with Gasteiger partial charge in [-0.3, -0.25) is 0 Å². The van der Waals surface area contributed by atoms with Crippen molar-refractivity contribution in [1.82, 2.24) is 19.9 Å². The van der Waals surface area contributed by atoms with Gasteiger partial charge in [0.15, 0.2) is 11.6 Å². The van der Waals surface area contributed by atoms with Crippen LogP contribution in [0, 0.1) is 0 Å². The quantitative estimate of drug-likeness (QED) is 0.668. The number of anilines is 2. The second-order valence-electron chi connectivity index (χ2n) is 4.12. The molecule has 0 aromatic carbocycles. The molecule has 0 fully saturated rings. The summed E-state index contributed by atoms with van der Waals surface area (Å²) in [6.45, 7) is 0. The molecule has 0 radical (unpaired) electrons. The number of nitrogen functional groups attached to an aromatic ring is 2. The van der Waals surface area contributed by atoms with Crippen LogP contribution in [0.1, 0.15) is 11.3 Å². The summed E-state index contributed by atoms with van der Waals surface area (Å²) in [5.74, 6) is 0.479. The highest BCUT2D eigenvalue weighted by atomic mass is 79.9. The zero-order valence-electron chi connectivity index (χ0n) is 9.89. The first kappa shape index (κ1) is 11.9. The molecule has 3 aromatic heterocycles. The summed E-state index contributed by atoms with van der Waals surface area (Å²) in [4.78, 5) is 15.8. The van der Waals surface area contributed by atoms with Crippen LogP contribution in [0.25, 0.3) is 11.0 Å². The third-order valence-electron chi connectivity index (χ3n) is 2.87. The standard InChI is InChI=1S/C12H11BrN6/c13-9-8(18-10(14)11(15)19-9)4-6-5-17-12-7(6)2-1-3-16-12/h1-3,5H,4H2,(H2,14,18)(H2,15,19)(H,16,17). The number of rotatable bonds is 2. The molecule has 0 unspecified atom stereocenters. The number of aromatic nitrogens is 4. The van der Waals surface area contributed by atoms with Gasteiger partial charge < -0.3 is 16.5 Å². The van der Waals surface area contributed by atoms with Crippen LogP contribution < -0.4 is 11.5 Å². The van der Waals surface area contributed by atoms with Crippen LogP contribution in [0.2, 0.25) is 0 Å². The van der Waals surface area contributed by atoms with E-state index in [4.69, 9.17) is 11.5 Å². The molecule has 0 atom stereocenters. The van der Waals surface area contributed by atoms with Gasteiger partial charge in [0.2, 0.25) is 0 Å². The lowest BCUT2D eigenvalue weighted by Crippen LogP contribution is -2.05. The van der Waals surface area contributed by atoms with Crippen molar-refractivity contribution in [2.45, 2.75) is 6.42 Å². The van der Waals surface area contributed by atoms with Crippen molar-refractivity contribution in [1.29, 1.82) is 0 Å². The molecule has 0 bridgehead atoms. The molecule has 19 heavy (non-hydrogen) atoms. The molecule has 0 saturated heterocycles. The lowest BCUT2D eigenvalue weighted by atomic mass is 10.1. The number of fused-ring (bicyclic) bond motifs is 1. The topological polar surface area (TPSA) is 106 Å². The Morgan fingerprint density at radius 1 is 1.21 bits per heavy atom. The third kappa shape index (κ3) is 2.12. The Morgan fingerprint density at radius 2 is 2.00 bits per heavy atom. The van der Waals surface area contributed by atoms with Crippen molar-refractivity contribution in [2.75, 3.05) is 11.5 Å². The molecule has 3 rings (SSSR count). The molecule has 0 aliphatic rings. The van der Waals surface area contributed by atoms with E-state index in [1.165, 1.54) is 0 Å². The van der Waals surface area contributed by atoms with E-state index in [1.54, 1.807) is 6.20 Å². The molecule has 96 valence electrons. The normalized spacial score (nSPS) is 11.0. The Balaban J connectivity index is 2.04. The Hall–Kier alpha value is -2.15. The summed E-state index contributed by atoms with van der Waals surface area (Å²) < 4.78 is 0.609. The Labute approximate surface area is 117 Å². The molecule has 0 aliphatic heterocycles. The second kappa shape index (κ2) is 4.51. The van der Waals surface area contributed by atoms with Gasteiger partial charge in [-0.25, -0.2) is 15.0 Å². The Kier molecular flexibility index (Phi) is 2.83. The van der Waals surface area contributed by atoms with Crippen molar-refractivity contribution in [3.8, 4) is 0 Å². The predicted octanol–water partition coefficient (Wildman–Crippen LogP) is 1.87. The van der Waals surface area contributed by atoms with E-state index in [0.29, 0.717) is 11.0 Å². The van der Waals surface area contributed by atoms with E-state index in [-0.39, 0.29) is 11.6 Å². The Morgan fingerprint density at radius 3 is 2.84 bits per heavy atom. The van der Waals surface area contributed by atoms with Gasteiger partial charge in [-0.15, -0.1) is 0 Å². The summed E-state index contributed by atoms with van der Waals surface area (Å²) in [5.41, 5.74) is 14.0. The van der Waals surface area contributed by atoms with Crippen LogP contribution in [0.3, 0.4) is 0 Å². The fourth-order valence-electron chi connectivity index (χ4n) is 1.93. The summed E-state index contributed by atoms with van der Waals surface area (Å²) in [6, 6.07) is 3.91. The van der Waals surface area contributed by atoms with E-state index in [2.05, 4.69) is 35.9 Å². The minimum atomic E-state index is 0.233. The fraction of sp³-hybridized carbons (Fsp3) is 0.0833. The van der Waals surface area contributed by atoms with Gasteiger partial charge in [-0.2, -0.15) is 0 Å². The van der Waals surface area contributed by atoms with Crippen molar-refractivity contribution in [3.05, 3.63) is 40.4 Å². The molecule has 7 heteroatoms. The maximum atomic E-state index is 5.69. The van der Waals surface area contributed by atoms with Crippen molar-refractivity contribution in [2.24, 2.45) is 0 Å². The molecule has 0 saturated carbocycles. The number of aromatic amines is 1. The molecular weight excluding hydrogens is 308 g/mol. The van der Waals surface area contributed by atoms with Crippen LogP contribution in [0.15, 0.2) is 29.1 Å². The van der Waals surface area contributed by atoms with E-state index >= 15 is 0 Å². The van der Waals surface area contributed by atoms with E-state index in [9.17, 15) is 0 Å². The summed E-state index contributed by atoms with van der Waals surface area (Å²) >= 11 is 3.36. The predicted molar refractivity (Wildman–Crippen MR) is 77.5 cm³/mol. The SMILES string of the molecule is Nc1nc(Br)c(Cc2c[nH]c3ncccc23)nc1N. The molecule has 0 amide bonds. The first-order chi connectivity index (χ1) is 9.15. The lowest BCUT2D eigenvalue weighted by Gasteiger charge is -2.05. The van der Waals surface area contributed by atoms with Crippen LogP contribution in [-0.2, 0) is 6.42 Å². The molecular formula is C12H11BrN6. The first-order valence-electron chi connectivity index (χ1n) is 5.63. The van der Waals surface area contributed by atoms with Crippen LogP contribution in [0.5, 0.6) is 0 Å². The highest BCUT2D eigenvalue weighted by Gasteiger charge is 2.11. The summed E-state index contributed by atoms with van der Waals surface area (Å²) in [6.07, 6.45) is 4.27. The number of pyridine rings is 1. The maximum Gasteiger partial charge on any atom is 0.167 e. The minimum Gasteiger partial charge on any atom is -0.381 e. The van der Waals surface area contributed by atoms with Crippen LogP contribution >= 0.6 is 15.9 Å². The molecule has 5 N–H and O–H groups in total. The van der Waals surface area contributed by atoms with Crippen molar-refractivity contribution in [3.63, 3.8) is 0 Å². The van der Waals surface area contributed by atoms with Gasteiger partial charge >= 0.3 is 0 Å². The summed E-state index contributed by atoms with van der Waals surface area (Å²) in [7, 11) is 0. The van der Waals surface area contributed by atoms with E-state index < -0.39 is 0 Å². The number of hydrogen-bond donors (Lipinski definition) is 3. The van der Waals surface area contributed by atoms with E-state index in [0.717, 1.165) is 22.3 Å². The minimum absolute atomic E-state index is 0.233. The number of nitrogens with one attached hydrogen (secondary N) is 1. The van der Waals surface area contributed by atoms with Crippen LogP contribution in [-0.4, -0.2) is 19.9 Å². The van der Waals surface area contributed by atoms with E-state index in [1.807, 2.05) is 18.3 Å². The Bertz CT molecular complexity index is 751. The molecule has 6 nitrogen and oxygen atoms in total. The fourth-order valence-corrected chi connectivity index (χ4v) is 2.35. The zero-order chi connectivity index (χ0) is 13.4. The lowest BCUT2D eigenvalue weighted by molar-refractivity contribution is 1.02. The summed E-state index contributed by atoms with van der Waals surface area (Å²) in [5, 5.41) is 1.06. The number of hydrogen-bond acceptors (Lipinski definition) is 5. The largest absolute Gasteiger partial charge is 0.381 e. The molecule has 0 spiro atoms. The number of halogens is 1. The van der Waals surface area contributed by atoms with Gasteiger partial charge in [-0.1, -0.05) is 0 Å². The number of nitrogens with zero attached hydrogens (tertiary/aromatic N) is 3. The van der Waals surface area contributed by atoms with Crippen LogP contribution in [0.4, 0.5) is 11.6 Å². The highest BCUT2D eigenvalue weighted by Crippen LogP contribution is 2.23. The average Bonchev–Trinajstić information content (AvgIpc) is 2.80. The highest BCUT2D eigenvalue weighted by molar-refractivity contribution is 9.10. The van der Waals surface area contributed by atoms with Gasteiger partial charge in [0.25, 0.3) is 0 Å². The van der Waals surface area contributed by atoms with Crippen molar-refractivity contribution >= 4 is 38.6 Å². The average molecular weight is 319 g/mol. The molecule has 3 heterocycles. The van der Waals surface area contributed by atoms with Crippen molar-refractivity contribution < 1.29 is 0 Å².